The fraction of sp³-hybridized carbons (Fsp3) is 0.933. The van der Waals surface area contributed by atoms with Crippen LogP contribution in [0.4, 0.5) is 0 Å². The zero-order chi connectivity index (χ0) is 28.4. The average molecular weight is 529 g/mol. The number of carbonyl (C=O) groups is 2. The molecule has 0 aliphatic heterocycles. The Labute approximate surface area is 228 Å². The van der Waals surface area contributed by atoms with E-state index in [1.807, 2.05) is 39.5 Å². The van der Waals surface area contributed by atoms with Crippen molar-refractivity contribution in [1.82, 2.24) is 10.6 Å². The first-order chi connectivity index (χ1) is 16.1. The van der Waals surface area contributed by atoms with E-state index >= 15 is 0 Å². The van der Waals surface area contributed by atoms with Crippen LogP contribution in [0, 0.1) is 22.2 Å². The van der Waals surface area contributed by atoms with Gasteiger partial charge < -0.3 is 15.4 Å². The third-order valence-electron chi connectivity index (χ3n) is 6.18. The van der Waals surface area contributed by atoms with Crippen molar-refractivity contribution < 1.29 is 14.3 Å². The second kappa shape index (κ2) is 14.4. The molecule has 0 aromatic heterocycles. The van der Waals surface area contributed by atoms with E-state index in [0.29, 0.717) is 25.5 Å². The van der Waals surface area contributed by atoms with Crippen LogP contribution in [-0.4, -0.2) is 47.6 Å². The smallest absolute Gasteiger partial charge is 0.225 e. The van der Waals surface area contributed by atoms with Crippen molar-refractivity contribution in [3.05, 3.63) is 0 Å². The van der Waals surface area contributed by atoms with Gasteiger partial charge in [-0.1, -0.05) is 62.3 Å². The van der Waals surface area contributed by atoms with Crippen LogP contribution in [0.2, 0.25) is 0 Å². The fourth-order valence-electron chi connectivity index (χ4n) is 5.13. The number of ether oxygens (including phenoxy) is 1. The maximum atomic E-state index is 13.0. The van der Waals surface area contributed by atoms with Gasteiger partial charge in [0.25, 0.3) is 0 Å². The summed E-state index contributed by atoms with van der Waals surface area (Å²) in [4.78, 5) is 25.3. The zero-order valence-electron chi connectivity index (χ0n) is 26.1. The molecule has 0 saturated carbocycles. The molecule has 0 aliphatic carbocycles. The molecule has 0 aromatic rings. The molecule has 0 atom stereocenters. The quantitative estimate of drug-likeness (QED) is 0.195. The van der Waals surface area contributed by atoms with E-state index in [1.54, 1.807) is 0 Å². The van der Waals surface area contributed by atoms with E-state index < -0.39 is 5.41 Å². The predicted octanol–water partition coefficient (Wildman–Crippen LogP) is 7.23. The topological polar surface area (TPSA) is 67.4 Å². The summed E-state index contributed by atoms with van der Waals surface area (Å²) in [7, 11) is 0. The third-order valence-corrected chi connectivity index (χ3v) is 7.57. The SMILES string of the molecule is CC(C)CSCCC(=O)NC(C)(C)CCOC(C)(C)CCNC(=O)C(C)(C)CC(C)(C)CC(C)(C)C. The molecular formula is C30H60N2O3S. The Kier molecular flexibility index (Phi) is 14.1. The molecular weight excluding hydrogens is 468 g/mol. The molecule has 0 aromatic carbocycles. The van der Waals surface area contributed by atoms with Gasteiger partial charge >= 0.3 is 0 Å². The summed E-state index contributed by atoms with van der Waals surface area (Å²) in [5, 5.41) is 6.30. The molecule has 36 heavy (non-hydrogen) atoms. The molecule has 0 saturated heterocycles. The average Bonchev–Trinajstić information content (AvgIpc) is 2.60. The van der Waals surface area contributed by atoms with Gasteiger partial charge in [0.05, 0.1) is 5.60 Å². The van der Waals surface area contributed by atoms with Crippen LogP contribution < -0.4 is 10.6 Å². The summed E-state index contributed by atoms with van der Waals surface area (Å²) in [6.07, 6.45) is 3.95. The maximum absolute atomic E-state index is 13.0. The summed E-state index contributed by atoms with van der Waals surface area (Å²) in [5.41, 5.74) is -0.752. The van der Waals surface area contributed by atoms with Gasteiger partial charge in [-0.3, -0.25) is 9.59 Å². The number of amides is 2. The van der Waals surface area contributed by atoms with Crippen molar-refractivity contribution in [2.24, 2.45) is 22.2 Å². The Balaban J connectivity index is 4.46. The molecule has 0 rings (SSSR count). The maximum Gasteiger partial charge on any atom is 0.225 e. The molecule has 5 nitrogen and oxygen atoms in total. The number of rotatable bonds is 17. The molecule has 0 radical (unpaired) electrons. The van der Waals surface area contributed by atoms with Gasteiger partial charge in [-0.15, -0.1) is 0 Å². The first kappa shape index (κ1) is 35.2. The second-order valence-electron chi connectivity index (χ2n) is 15.0. The van der Waals surface area contributed by atoms with Crippen molar-refractivity contribution >= 4 is 23.6 Å². The Hall–Kier alpha value is -0.750. The van der Waals surface area contributed by atoms with Gasteiger partial charge in [0.15, 0.2) is 0 Å². The van der Waals surface area contributed by atoms with Gasteiger partial charge in [-0.25, -0.2) is 0 Å². The van der Waals surface area contributed by atoms with Gasteiger partial charge in [0.2, 0.25) is 11.8 Å². The minimum absolute atomic E-state index is 0.0939. The lowest BCUT2D eigenvalue weighted by Crippen LogP contribution is -2.45. The van der Waals surface area contributed by atoms with Crippen molar-refractivity contribution in [3.63, 3.8) is 0 Å². The summed E-state index contributed by atoms with van der Waals surface area (Å²) in [5.74, 6) is 2.81. The van der Waals surface area contributed by atoms with Crippen LogP contribution >= 0.6 is 11.8 Å². The Bertz CT molecular complexity index is 676. The highest BCUT2D eigenvalue weighted by atomic mass is 32.2. The van der Waals surface area contributed by atoms with E-state index in [1.165, 1.54) is 0 Å². The Morgan fingerprint density at radius 2 is 1.44 bits per heavy atom. The lowest BCUT2D eigenvalue weighted by Gasteiger charge is -2.38. The fourth-order valence-corrected chi connectivity index (χ4v) is 6.10. The lowest BCUT2D eigenvalue weighted by molar-refractivity contribution is -0.131. The number of nitrogens with one attached hydrogen (secondary N) is 2. The Morgan fingerprint density at radius 3 is 1.97 bits per heavy atom. The van der Waals surface area contributed by atoms with E-state index in [2.05, 4.69) is 72.9 Å². The van der Waals surface area contributed by atoms with Gasteiger partial charge in [0, 0.05) is 36.3 Å². The molecule has 2 amide bonds. The molecule has 0 bridgehead atoms. The lowest BCUT2D eigenvalue weighted by atomic mass is 9.68. The summed E-state index contributed by atoms with van der Waals surface area (Å²) in [6, 6.07) is 0. The molecule has 2 N–H and O–H groups in total. The van der Waals surface area contributed by atoms with Gasteiger partial charge in [-0.2, -0.15) is 11.8 Å². The molecule has 0 aliphatic rings. The monoisotopic (exact) mass is 528 g/mol. The molecule has 214 valence electrons. The largest absolute Gasteiger partial charge is 0.375 e. The molecule has 0 spiro atoms. The van der Waals surface area contributed by atoms with Crippen molar-refractivity contribution in [2.45, 2.75) is 133 Å². The first-order valence-corrected chi connectivity index (χ1v) is 15.0. The van der Waals surface area contributed by atoms with Crippen LogP contribution in [0.15, 0.2) is 0 Å². The Morgan fingerprint density at radius 1 is 0.861 bits per heavy atom. The highest BCUT2D eigenvalue weighted by Crippen LogP contribution is 2.41. The minimum atomic E-state index is -0.421. The predicted molar refractivity (Wildman–Crippen MR) is 158 cm³/mol. The van der Waals surface area contributed by atoms with Gasteiger partial charge in [0.1, 0.15) is 0 Å². The van der Waals surface area contributed by atoms with Crippen LogP contribution in [0.5, 0.6) is 0 Å². The third kappa shape index (κ3) is 17.7. The second-order valence-corrected chi connectivity index (χ2v) is 16.1. The van der Waals surface area contributed by atoms with E-state index in [9.17, 15) is 9.59 Å². The van der Waals surface area contributed by atoms with Crippen molar-refractivity contribution in [2.75, 3.05) is 24.7 Å². The molecule has 0 unspecified atom stereocenters. The van der Waals surface area contributed by atoms with E-state index in [0.717, 1.165) is 37.2 Å². The summed E-state index contributed by atoms with van der Waals surface area (Å²) >= 11 is 1.84. The van der Waals surface area contributed by atoms with Crippen molar-refractivity contribution in [3.8, 4) is 0 Å². The number of carbonyl (C=O) groups excluding carboxylic acids is 2. The highest BCUT2D eigenvalue weighted by molar-refractivity contribution is 7.99. The van der Waals surface area contributed by atoms with Crippen molar-refractivity contribution in [1.29, 1.82) is 0 Å². The number of thioether (sulfide) groups is 1. The summed E-state index contributed by atoms with van der Waals surface area (Å²) in [6.45, 7) is 29.2. The zero-order valence-corrected chi connectivity index (χ0v) is 26.9. The van der Waals surface area contributed by atoms with Crippen LogP contribution in [0.25, 0.3) is 0 Å². The normalized spacial score (nSPS) is 13.7. The molecule has 0 fully saturated rings. The van der Waals surface area contributed by atoms with E-state index in [4.69, 9.17) is 4.74 Å². The van der Waals surface area contributed by atoms with Crippen LogP contribution in [0.1, 0.15) is 122 Å². The number of hydrogen-bond donors (Lipinski definition) is 2. The first-order valence-electron chi connectivity index (χ1n) is 13.9. The standard InChI is InChI=1S/C30H60N2O3S/c1-23(2)20-36-19-14-24(33)32-29(10,11)16-18-35-30(12,13)15-17-31-25(34)28(8,9)22-27(6,7)21-26(3,4)5/h23H,14-22H2,1-13H3,(H,31,34)(H,32,33). The van der Waals surface area contributed by atoms with Crippen LogP contribution in [0.3, 0.4) is 0 Å². The van der Waals surface area contributed by atoms with E-state index in [-0.39, 0.29) is 33.8 Å². The number of hydrogen-bond acceptors (Lipinski definition) is 4. The molecule has 6 heteroatoms. The molecule has 0 heterocycles. The highest BCUT2D eigenvalue weighted by Gasteiger charge is 2.36. The summed E-state index contributed by atoms with van der Waals surface area (Å²) < 4.78 is 6.17. The van der Waals surface area contributed by atoms with Gasteiger partial charge in [-0.05, 0) is 75.9 Å². The minimum Gasteiger partial charge on any atom is -0.375 e. The van der Waals surface area contributed by atoms with Crippen LogP contribution in [-0.2, 0) is 14.3 Å².